The van der Waals surface area contributed by atoms with Crippen LogP contribution in [0.5, 0.6) is 23.0 Å². The predicted molar refractivity (Wildman–Crippen MR) is 128 cm³/mol. The molecule has 0 aliphatic carbocycles. The Morgan fingerprint density at radius 2 is 1.44 bits per heavy atom. The minimum atomic E-state index is -0.484. The summed E-state index contributed by atoms with van der Waals surface area (Å²) in [5.74, 6) is 1.23. The second-order valence-electron chi connectivity index (χ2n) is 6.61. The summed E-state index contributed by atoms with van der Waals surface area (Å²) in [7, 11) is 6.09. The second kappa shape index (κ2) is 10.7. The van der Waals surface area contributed by atoms with E-state index in [0.29, 0.717) is 34.2 Å². The Labute approximate surface area is 191 Å². The van der Waals surface area contributed by atoms with Crippen molar-refractivity contribution in [3.8, 4) is 23.0 Å². The molecule has 168 valence electrons. The maximum absolute atomic E-state index is 15.1. The van der Waals surface area contributed by atoms with Crippen molar-refractivity contribution >= 4 is 35.5 Å². The number of nitrogen functional groups attached to an aromatic ring is 1. The molecular weight excluding hydrogens is 431 g/mol. The van der Waals surface area contributed by atoms with Crippen molar-refractivity contribution in [1.29, 1.82) is 0 Å². The molecule has 0 amide bonds. The Kier molecular flexibility index (Phi) is 7.72. The Bertz CT molecular complexity index is 1080. The van der Waals surface area contributed by atoms with Crippen LogP contribution in [0.4, 0.5) is 15.8 Å². The Morgan fingerprint density at radius 3 is 2.00 bits per heavy atom. The Balaban J connectivity index is 1.94. The van der Waals surface area contributed by atoms with Crippen LogP contribution in [-0.4, -0.2) is 28.4 Å². The fourth-order valence-corrected chi connectivity index (χ4v) is 3.70. The van der Waals surface area contributed by atoms with Gasteiger partial charge >= 0.3 is 0 Å². The minimum absolute atomic E-state index is 0.148. The molecule has 0 spiro atoms. The van der Waals surface area contributed by atoms with Crippen molar-refractivity contribution < 1.29 is 23.3 Å². The summed E-state index contributed by atoms with van der Waals surface area (Å²) in [5.41, 5.74) is 8.13. The van der Waals surface area contributed by atoms with E-state index in [4.69, 9.17) is 24.7 Å². The zero-order valence-electron chi connectivity index (χ0n) is 18.3. The van der Waals surface area contributed by atoms with Crippen LogP contribution < -0.4 is 29.4 Å². The highest BCUT2D eigenvalue weighted by molar-refractivity contribution is 8.00. The zero-order chi connectivity index (χ0) is 23.1. The molecule has 3 aromatic rings. The molecule has 0 aliphatic rings. The topological polar surface area (TPSA) is 75.0 Å². The quantitative estimate of drug-likeness (QED) is 0.242. The molecule has 6 nitrogen and oxygen atoms in total. The maximum atomic E-state index is 15.1. The molecule has 32 heavy (non-hydrogen) atoms. The summed E-state index contributed by atoms with van der Waals surface area (Å²) in [6, 6.07) is 14.3. The second-order valence-corrected chi connectivity index (χ2v) is 7.49. The van der Waals surface area contributed by atoms with Crippen LogP contribution in [0.2, 0.25) is 0 Å². The molecule has 0 radical (unpaired) electrons. The molecule has 3 rings (SSSR count). The standard InChI is InChI=1S/C24H25FN2O4S/c1-28-19-12-7-16(23(22(19)25)27-32-18-10-8-17(26)9-11-18)6-5-15-13-20(29-2)24(31-4)21(14-15)30-3/h5-14,27H,26H2,1-4H3/b6-5-. The van der Waals surface area contributed by atoms with E-state index >= 15 is 4.39 Å². The van der Waals surface area contributed by atoms with Crippen molar-refractivity contribution in [2.75, 3.05) is 38.9 Å². The van der Waals surface area contributed by atoms with E-state index < -0.39 is 5.82 Å². The lowest BCUT2D eigenvalue weighted by Gasteiger charge is -2.14. The van der Waals surface area contributed by atoms with E-state index in [0.717, 1.165) is 10.5 Å². The molecule has 0 atom stereocenters. The summed E-state index contributed by atoms with van der Waals surface area (Å²) in [5, 5.41) is 0. The molecule has 0 heterocycles. The zero-order valence-corrected chi connectivity index (χ0v) is 19.1. The van der Waals surface area contributed by atoms with Gasteiger partial charge in [-0.1, -0.05) is 12.2 Å². The van der Waals surface area contributed by atoms with E-state index in [9.17, 15) is 0 Å². The summed E-state index contributed by atoms with van der Waals surface area (Å²) in [6.07, 6.45) is 3.64. The fraction of sp³-hybridized carbons (Fsp3) is 0.167. The van der Waals surface area contributed by atoms with Crippen molar-refractivity contribution in [2.45, 2.75) is 4.90 Å². The number of hydrogen-bond donors (Lipinski definition) is 2. The van der Waals surface area contributed by atoms with Crippen LogP contribution >= 0.6 is 11.9 Å². The monoisotopic (exact) mass is 456 g/mol. The predicted octanol–water partition coefficient (Wildman–Crippen LogP) is 5.73. The maximum Gasteiger partial charge on any atom is 0.203 e. The van der Waals surface area contributed by atoms with Gasteiger partial charge in [-0.15, -0.1) is 0 Å². The number of methoxy groups -OCH3 is 4. The molecule has 8 heteroatoms. The van der Waals surface area contributed by atoms with Gasteiger partial charge < -0.3 is 29.4 Å². The normalized spacial score (nSPS) is 10.8. The van der Waals surface area contributed by atoms with E-state index in [2.05, 4.69) is 4.72 Å². The number of ether oxygens (including phenoxy) is 4. The summed E-state index contributed by atoms with van der Waals surface area (Å²) in [4.78, 5) is 0.890. The first kappa shape index (κ1) is 23.1. The molecule has 3 aromatic carbocycles. The van der Waals surface area contributed by atoms with E-state index in [1.807, 2.05) is 30.3 Å². The van der Waals surface area contributed by atoms with Gasteiger partial charge in [0, 0.05) is 16.1 Å². The highest BCUT2D eigenvalue weighted by atomic mass is 32.2. The van der Waals surface area contributed by atoms with Crippen molar-refractivity contribution in [1.82, 2.24) is 0 Å². The number of hydrogen-bond acceptors (Lipinski definition) is 7. The lowest BCUT2D eigenvalue weighted by Crippen LogP contribution is -1.98. The Morgan fingerprint density at radius 1 is 0.812 bits per heavy atom. The number of nitrogens with one attached hydrogen (secondary N) is 1. The fourth-order valence-electron chi connectivity index (χ4n) is 3.00. The van der Waals surface area contributed by atoms with Gasteiger partial charge in [0.2, 0.25) is 5.75 Å². The van der Waals surface area contributed by atoms with Crippen LogP contribution in [0, 0.1) is 5.82 Å². The van der Waals surface area contributed by atoms with Crippen molar-refractivity contribution in [3.63, 3.8) is 0 Å². The largest absolute Gasteiger partial charge is 0.494 e. The number of benzene rings is 3. The average Bonchev–Trinajstić information content (AvgIpc) is 2.82. The third-order valence-corrected chi connectivity index (χ3v) is 5.47. The number of anilines is 2. The van der Waals surface area contributed by atoms with Crippen LogP contribution in [0.1, 0.15) is 11.1 Å². The van der Waals surface area contributed by atoms with Gasteiger partial charge in [0.1, 0.15) is 0 Å². The molecule has 0 unspecified atom stereocenters. The number of nitrogens with two attached hydrogens (primary N) is 1. The van der Waals surface area contributed by atoms with Crippen molar-refractivity contribution in [3.05, 3.63) is 65.5 Å². The lowest BCUT2D eigenvalue weighted by atomic mass is 10.1. The third kappa shape index (κ3) is 5.20. The lowest BCUT2D eigenvalue weighted by molar-refractivity contribution is 0.324. The molecule has 0 saturated heterocycles. The molecule has 0 aliphatic heterocycles. The minimum Gasteiger partial charge on any atom is -0.494 e. The van der Waals surface area contributed by atoms with Gasteiger partial charge in [-0.3, -0.25) is 0 Å². The van der Waals surface area contributed by atoms with E-state index in [1.165, 1.54) is 19.1 Å². The smallest absolute Gasteiger partial charge is 0.203 e. The first-order valence-corrected chi connectivity index (χ1v) is 10.4. The van der Waals surface area contributed by atoms with Gasteiger partial charge in [0.05, 0.1) is 34.1 Å². The van der Waals surface area contributed by atoms with Crippen LogP contribution in [0.3, 0.4) is 0 Å². The van der Waals surface area contributed by atoms with Gasteiger partial charge in [-0.05, 0) is 66.0 Å². The molecule has 3 N–H and O–H groups in total. The van der Waals surface area contributed by atoms with Gasteiger partial charge in [-0.2, -0.15) is 0 Å². The van der Waals surface area contributed by atoms with Crippen LogP contribution in [0.25, 0.3) is 12.2 Å². The van der Waals surface area contributed by atoms with Gasteiger partial charge in [0.25, 0.3) is 0 Å². The SMILES string of the molecule is COc1ccc(/C=C\c2cc(OC)c(OC)c(OC)c2)c(NSc2ccc(N)cc2)c1F. The highest BCUT2D eigenvalue weighted by Crippen LogP contribution is 2.39. The number of rotatable bonds is 9. The third-order valence-electron chi connectivity index (χ3n) is 4.65. The van der Waals surface area contributed by atoms with Crippen LogP contribution in [0.15, 0.2) is 53.4 Å². The van der Waals surface area contributed by atoms with E-state index in [-0.39, 0.29) is 5.75 Å². The van der Waals surface area contributed by atoms with Crippen molar-refractivity contribution in [2.24, 2.45) is 0 Å². The summed E-state index contributed by atoms with van der Waals surface area (Å²) < 4.78 is 39.4. The Hall–Kier alpha value is -3.52. The van der Waals surface area contributed by atoms with Gasteiger partial charge in [0.15, 0.2) is 23.1 Å². The van der Waals surface area contributed by atoms with E-state index in [1.54, 1.807) is 51.7 Å². The molecule has 0 aromatic heterocycles. The average molecular weight is 457 g/mol. The summed E-state index contributed by atoms with van der Waals surface area (Å²) >= 11 is 1.28. The first-order valence-electron chi connectivity index (χ1n) is 9.63. The molecule has 0 bridgehead atoms. The molecular formula is C24H25FN2O4S. The number of halogens is 1. The van der Waals surface area contributed by atoms with Crippen LogP contribution in [-0.2, 0) is 0 Å². The summed E-state index contributed by atoms with van der Waals surface area (Å²) in [6.45, 7) is 0. The first-order chi connectivity index (χ1) is 15.5. The molecule has 0 fully saturated rings. The molecule has 0 saturated carbocycles. The van der Waals surface area contributed by atoms with Gasteiger partial charge in [-0.25, -0.2) is 4.39 Å². The highest BCUT2D eigenvalue weighted by Gasteiger charge is 2.15.